The van der Waals surface area contributed by atoms with Crippen LogP contribution in [0.5, 0.6) is 0 Å². The summed E-state index contributed by atoms with van der Waals surface area (Å²) in [5, 5.41) is 6.15. The highest BCUT2D eigenvalue weighted by Gasteiger charge is 2.04. The van der Waals surface area contributed by atoms with Crippen LogP contribution < -0.4 is 10.6 Å². The van der Waals surface area contributed by atoms with Crippen molar-refractivity contribution in [2.75, 3.05) is 5.32 Å². The van der Waals surface area contributed by atoms with Crippen LogP contribution in [0.15, 0.2) is 55.2 Å². The first kappa shape index (κ1) is 16.0. The van der Waals surface area contributed by atoms with Gasteiger partial charge in [-0.2, -0.15) is 0 Å². The molecule has 0 aliphatic heterocycles. The summed E-state index contributed by atoms with van der Waals surface area (Å²) in [5.74, 6) is 0.773. The van der Waals surface area contributed by atoms with Crippen molar-refractivity contribution >= 4 is 23.3 Å². The topological polar surface area (TPSA) is 71.8 Å². The molecule has 2 aromatic heterocycles. The summed E-state index contributed by atoms with van der Waals surface area (Å²) in [6.45, 7) is 2.29. The number of aryl methyl sites for hydroxylation is 1. The molecule has 1 aromatic carbocycles. The van der Waals surface area contributed by atoms with Gasteiger partial charge in [0.15, 0.2) is 0 Å². The van der Waals surface area contributed by atoms with E-state index in [1.54, 1.807) is 24.8 Å². The standard InChI is InChI=1S/C17H16ClN5O/c1-12-2-4-14(8-15(12)18)22-17(24)21-10-13-3-5-16(20-9-13)23-7-6-19-11-23/h2-9,11H,10H2,1H3,(H2,21,22,24). The smallest absolute Gasteiger partial charge is 0.319 e. The van der Waals surface area contributed by atoms with Gasteiger partial charge in [-0.15, -0.1) is 0 Å². The van der Waals surface area contributed by atoms with Gasteiger partial charge in [-0.25, -0.2) is 14.8 Å². The molecule has 122 valence electrons. The summed E-state index contributed by atoms with van der Waals surface area (Å²) in [5.41, 5.74) is 2.51. The first-order chi connectivity index (χ1) is 11.6. The Balaban J connectivity index is 1.55. The lowest BCUT2D eigenvalue weighted by molar-refractivity contribution is 0.251. The van der Waals surface area contributed by atoms with E-state index in [9.17, 15) is 4.79 Å². The second-order valence-electron chi connectivity index (χ2n) is 5.27. The Bertz CT molecular complexity index is 831. The Morgan fingerprint density at radius 2 is 2.17 bits per heavy atom. The summed E-state index contributed by atoms with van der Waals surface area (Å²) in [6, 6.07) is 8.87. The van der Waals surface area contributed by atoms with Crippen molar-refractivity contribution in [3.63, 3.8) is 0 Å². The average molecular weight is 342 g/mol. The van der Waals surface area contributed by atoms with E-state index in [0.29, 0.717) is 17.3 Å². The largest absolute Gasteiger partial charge is 0.334 e. The van der Waals surface area contributed by atoms with Gasteiger partial charge in [0.25, 0.3) is 0 Å². The molecule has 3 rings (SSSR count). The Hall–Kier alpha value is -2.86. The fourth-order valence-corrected chi connectivity index (χ4v) is 2.28. The summed E-state index contributed by atoms with van der Waals surface area (Å²) in [4.78, 5) is 20.3. The number of nitrogens with zero attached hydrogens (tertiary/aromatic N) is 3. The lowest BCUT2D eigenvalue weighted by Gasteiger charge is -2.09. The van der Waals surface area contributed by atoms with Gasteiger partial charge in [-0.1, -0.05) is 23.7 Å². The molecule has 24 heavy (non-hydrogen) atoms. The van der Waals surface area contributed by atoms with Crippen LogP contribution in [0.2, 0.25) is 5.02 Å². The van der Waals surface area contributed by atoms with Gasteiger partial charge >= 0.3 is 6.03 Å². The van der Waals surface area contributed by atoms with Crippen molar-refractivity contribution in [1.29, 1.82) is 0 Å². The minimum atomic E-state index is -0.298. The molecule has 0 unspecified atom stereocenters. The van der Waals surface area contributed by atoms with Gasteiger partial charge in [0.05, 0.1) is 0 Å². The van der Waals surface area contributed by atoms with Crippen molar-refractivity contribution in [2.45, 2.75) is 13.5 Å². The van der Waals surface area contributed by atoms with Crippen LogP contribution in [0, 0.1) is 6.92 Å². The van der Waals surface area contributed by atoms with E-state index < -0.39 is 0 Å². The molecule has 0 aliphatic rings. The highest BCUT2D eigenvalue weighted by Crippen LogP contribution is 2.19. The molecule has 0 fully saturated rings. The van der Waals surface area contributed by atoms with Crippen LogP contribution in [-0.4, -0.2) is 20.6 Å². The molecule has 0 radical (unpaired) electrons. The van der Waals surface area contributed by atoms with Crippen LogP contribution in [0.25, 0.3) is 5.82 Å². The normalized spacial score (nSPS) is 10.4. The van der Waals surface area contributed by atoms with Crippen LogP contribution in [0.4, 0.5) is 10.5 Å². The van der Waals surface area contributed by atoms with E-state index in [4.69, 9.17) is 11.6 Å². The number of urea groups is 1. The molecule has 6 nitrogen and oxygen atoms in total. The number of halogens is 1. The fraction of sp³-hybridized carbons (Fsp3) is 0.118. The molecule has 0 atom stereocenters. The van der Waals surface area contributed by atoms with Crippen molar-refractivity contribution in [2.24, 2.45) is 0 Å². The van der Waals surface area contributed by atoms with Gasteiger partial charge in [0.1, 0.15) is 12.1 Å². The number of hydrogen-bond donors (Lipinski definition) is 2. The molecule has 7 heteroatoms. The minimum absolute atomic E-state index is 0.298. The number of aromatic nitrogens is 3. The molecule has 0 saturated carbocycles. The Labute approximate surface area is 144 Å². The Kier molecular flexibility index (Phi) is 4.77. The molecule has 3 aromatic rings. The van der Waals surface area contributed by atoms with Gasteiger partial charge in [0, 0.05) is 35.8 Å². The third-order valence-electron chi connectivity index (χ3n) is 3.46. The number of anilines is 1. The quantitative estimate of drug-likeness (QED) is 0.762. The number of hydrogen-bond acceptors (Lipinski definition) is 3. The number of carbonyl (C=O) groups excluding carboxylic acids is 1. The zero-order chi connectivity index (χ0) is 16.9. The van der Waals surface area contributed by atoms with Crippen molar-refractivity contribution in [1.82, 2.24) is 19.9 Å². The maximum Gasteiger partial charge on any atom is 0.319 e. The maximum atomic E-state index is 11.9. The molecule has 0 saturated heterocycles. The van der Waals surface area contributed by atoms with Gasteiger partial charge in [-0.3, -0.25) is 4.57 Å². The second-order valence-corrected chi connectivity index (χ2v) is 5.67. The van der Waals surface area contributed by atoms with E-state index in [1.165, 1.54) is 0 Å². The summed E-state index contributed by atoms with van der Waals surface area (Å²) >= 11 is 6.04. The molecule has 0 bridgehead atoms. The first-order valence-corrected chi connectivity index (χ1v) is 7.74. The average Bonchev–Trinajstić information content (AvgIpc) is 3.11. The molecule has 2 amide bonds. The zero-order valence-corrected chi connectivity index (χ0v) is 13.8. The van der Waals surface area contributed by atoms with E-state index in [2.05, 4.69) is 20.6 Å². The van der Waals surface area contributed by atoms with E-state index >= 15 is 0 Å². The number of amides is 2. The first-order valence-electron chi connectivity index (χ1n) is 7.36. The summed E-state index contributed by atoms with van der Waals surface area (Å²) < 4.78 is 1.81. The van der Waals surface area contributed by atoms with Crippen molar-refractivity contribution in [3.8, 4) is 5.82 Å². The van der Waals surface area contributed by atoms with E-state index in [1.807, 2.05) is 42.0 Å². The number of pyridine rings is 1. The Morgan fingerprint density at radius 1 is 1.29 bits per heavy atom. The van der Waals surface area contributed by atoms with Crippen LogP contribution in [0.1, 0.15) is 11.1 Å². The van der Waals surface area contributed by atoms with Crippen LogP contribution >= 0.6 is 11.6 Å². The van der Waals surface area contributed by atoms with E-state index in [-0.39, 0.29) is 6.03 Å². The molecule has 2 heterocycles. The van der Waals surface area contributed by atoms with Gasteiger partial charge in [-0.05, 0) is 36.2 Å². The number of nitrogens with one attached hydrogen (secondary N) is 2. The number of carbonyl (C=O) groups is 1. The van der Waals surface area contributed by atoms with Crippen LogP contribution in [-0.2, 0) is 6.54 Å². The fourth-order valence-electron chi connectivity index (χ4n) is 2.10. The highest BCUT2D eigenvalue weighted by molar-refractivity contribution is 6.31. The van der Waals surface area contributed by atoms with Crippen molar-refractivity contribution in [3.05, 3.63) is 71.4 Å². The van der Waals surface area contributed by atoms with E-state index in [0.717, 1.165) is 16.9 Å². The summed E-state index contributed by atoms with van der Waals surface area (Å²) in [6.07, 6.45) is 6.91. The lowest BCUT2D eigenvalue weighted by atomic mass is 10.2. The third-order valence-corrected chi connectivity index (χ3v) is 3.87. The minimum Gasteiger partial charge on any atom is -0.334 e. The predicted octanol–water partition coefficient (Wildman–Crippen LogP) is 3.55. The highest BCUT2D eigenvalue weighted by atomic mass is 35.5. The number of benzene rings is 1. The Morgan fingerprint density at radius 3 is 2.83 bits per heavy atom. The van der Waals surface area contributed by atoms with Crippen molar-refractivity contribution < 1.29 is 4.79 Å². The molecule has 2 N–H and O–H groups in total. The summed E-state index contributed by atoms with van der Waals surface area (Å²) in [7, 11) is 0. The predicted molar refractivity (Wildman–Crippen MR) is 93.4 cm³/mol. The SMILES string of the molecule is Cc1ccc(NC(=O)NCc2ccc(-n3ccnc3)nc2)cc1Cl. The second kappa shape index (κ2) is 7.14. The molecular weight excluding hydrogens is 326 g/mol. The zero-order valence-electron chi connectivity index (χ0n) is 13.0. The molecule has 0 spiro atoms. The van der Waals surface area contributed by atoms with Gasteiger partial charge < -0.3 is 10.6 Å². The lowest BCUT2D eigenvalue weighted by Crippen LogP contribution is -2.28. The third kappa shape index (κ3) is 3.91. The number of rotatable bonds is 4. The molecule has 0 aliphatic carbocycles. The van der Waals surface area contributed by atoms with Gasteiger partial charge in [0.2, 0.25) is 0 Å². The number of imidazole rings is 1. The monoisotopic (exact) mass is 341 g/mol. The maximum absolute atomic E-state index is 11.9. The van der Waals surface area contributed by atoms with Crippen LogP contribution in [0.3, 0.4) is 0 Å². The molecular formula is C17H16ClN5O.